The average Bonchev–Trinajstić information content (AvgIpc) is 3.46. The van der Waals surface area contributed by atoms with Crippen LogP contribution in [0.1, 0.15) is 44.6 Å². The van der Waals surface area contributed by atoms with Crippen molar-refractivity contribution in [3.63, 3.8) is 0 Å². The Bertz CT molecular complexity index is 1480. The van der Waals surface area contributed by atoms with E-state index in [9.17, 15) is 18.0 Å². The van der Waals surface area contributed by atoms with Gasteiger partial charge in [-0.05, 0) is 67.3 Å². The predicted octanol–water partition coefficient (Wildman–Crippen LogP) is 6.82. The molecule has 0 bridgehead atoms. The fraction of sp³-hybridized carbons (Fsp3) is 0.333. The molecule has 1 saturated carbocycles. The van der Waals surface area contributed by atoms with Gasteiger partial charge in [-0.15, -0.1) is 0 Å². The number of carbonyl (C=O) groups excluding carboxylic acids is 2. The molecule has 0 spiro atoms. The summed E-state index contributed by atoms with van der Waals surface area (Å²) >= 11 is 16.0. The van der Waals surface area contributed by atoms with Crippen LogP contribution in [0.5, 0.6) is 0 Å². The van der Waals surface area contributed by atoms with Gasteiger partial charge in [-0.25, -0.2) is 8.42 Å². The van der Waals surface area contributed by atoms with E-state index in [1.54, 1.807) is 60.7 Å². The molecule has 7 nitrogen and oxygen atoms in total. The number of nitrogens with one attached hydrogen (secondary N) is 1. The first-order valence-corrected chi connectivity index (χ1v) is 16.5. The van der Waals surface area contributed by atoms with Gasteiger partial charge in [0.2, 0.25) is 11.8 Å². The summed E-state index contributed by atoms with van der Waals surface area (Å²) in [6.45, 7) is 1.31. The standard InChI is InChI=1S/C30H32BrCl2N3O4S/c1-2-28(30(38)34-24-10-6-7-11-24)35(19-21-15-16-23(32)18-27(21)33)29(37)20-36(25-12-8-9-22(31)17-25)41(39,40)26-13-4-3-5-14-26/h3-5,8-9,12-18,24,28H,2,6-7,10-11,19-20H2,1H3,(H,34,38)/t28-/m0/s1. The van der Waals surface area contributed by atoms with Crippen LogP contribution in [-0.2, 0) is 26.2 Å². The van der Waals surface area contributed by atoms with Crippen LogP contribution < -0.4 is 9.62 Å². The number of amides is 2. The predicted molar refractivity (Wildman–Crippen MR) is 167 cm³/mol. The van der Waals surface area contributed by atoms with E-state index in [4.69, 9.17) is 23.2 Å². The molecule has 0 radical (unpaired) electrons. The van der Waals surface area contributed by atoms with Crippen LogP contribution in [0.4, 0.5) is 5.69 Å². The molecule has 3 aromatic rings. The van der Waals surface area contributed by atoms with Gasteiger partial charge in [0.25, 0.3) is 10.0 Å². The fourth-order valence-electron chi connectivity index (χ4n) is 5.00. The van der Waals surface area contributed by atoms with E-state index < -0.39 is 28.5 Å². The number of carbonyl (C=O) groups is 2. The van der Waals surface area contributed by atoms with Gasteiger partial charge in [0, 0.05) is 27.1 Å². The second-order valence-electron chi connectivity index (χ2n) is 9.98. The summed E-state index contributed by atoms with van der Waals surface area (Å²) < 4.78 is 29.5. The Balaban J connectivity index is 1.73. The summed E-state index contributed by atoms with van der Waals surface area (Å²) in [5.41, 5.74) is 0.904. The van der Waals surface area contributed by atoms with E-state index in [-0.39, 0.29) is 23.4 Å². The monoisotopic (exact) mass is 679 g/mol. The number of benzene rings is 3. The van der Waals surface area contributed by atoms with Crippen LogP contribution in [0.15, 0.2) is 82.2 Å². The summed E-state index contributed by atoms with van der Waals surface area (Å²) in [7, 11) is -4.14. The number of rotatable bonds is 11. The minimum atomic E-state index is -4.14. The van der Waals surface area contributed by atoms with Crippen LogP contribution in [0, 0.1) is 0 Å². The molecule has 218 valence electrons. The number of halogens is 3. The third kappa shape index (κ3) is 7.83. The Morgan fingerprint density at radius 2 is 1.71 bits per heavy atom. The van der Waals surface area contributed by atoms with Gasteiger partial charge >= 0.3 is 0 Å². The number of anilines is 1. The number of hydrogen-bond donors (Lipinski definition) is 1. The summed E-state index contributed by atoms with van der Waals surface area (Å²) in [4.78, 5) is 29.2. The molecule has 0 unspecified atom stereocenters. The fourth-order valence-corrected chi connectivity index (χ4v) is 7.28. The first-order chi connectivity index (χ1) is 19.6. The van der Waals surface area contributed by atoms with Gasteiger partial charge in [0.1, 0.15) is 12.6 Å². The molecule has 1 fully saturated rings. The molecule has 41 heavy (non-hydrogen) atoms. The lowest BCUT2D eigenvalue weighted by atomic mass is 10.1. The van der Waals surface area contributed by atoms with Gasteiger partial charge in [-0.3, -0.25) is 13.9 Å². The normalized spacial score (nSPS) is 14.4. The van der Waals surface area contributed by atoms with Crippen LogP contribution in [-0.4, -0.2) is 43.8 Å². The van der Waals surface area contributed by atoms with Crippen molar-refractivity contribution >= 4 is 66.7 Å². The molecule has 0 heterocycles. The van der Waals surface area contributed by atoms with Crippen molar-refractivity contribution in [3.05, 3.63) is 92.9 Å². The zero-order chi connectivity index (χ0) is 29.6. The molecule has 1 aliphatic carbocycles. The molecule has 3 aromatic carbocycles. The summed E-state index contributed by atoms with van der Waals surface area (Å²) in [6.07, 6.45) is 4.21. The van der Waals surface area contributed by atoms with Crippen LogP contribution in [0.2, 0.25) is 10.0 Å². The van der Waals surface area contributed by atoms with Gasteiger partial charge in [-0.2, -0.15) is 0 Å². The van der Waals surface area contributed by atoms with Crippen molar-refractivity contribution < 1.29 is 18.0 Å². The maximum Gasteiger partial charge on any atom is 0.264 e. The van der Waals surface area contributed by atoms with Crippen molar-refractivity contribution in [1.29, 1.82) is 0 Å². The van der Waals surface area contributed by atoms with Crippen molar-refractivity contribution in [3.8, 4) is 0 Å². The minimum absolute atomic E-state index is 0.00311. The average molecular weight is 681 g/mol. The molecule has 0 saturated heterocycles. The topological polar surface area (TPSA) is 86.8 Å². The summed E-state index contributed by atoms with van der Waals surface area (Å²) in [5.74, 6) is -0.804. The first-order valence-electron chi connectivity index (χ1n) is 13.5. The van der Waals surface area contributed by atoms with Crippen molar-refractivity contribution in [1.82, 2.24) is 10.2 Å². The lowest BCUT2D eigenvalue weighted by Crippen LogP contribution is -2.53. The van der Waals surface area contributed by atoms with E-state index in [2.05, 4.69) is 21.2 Å². The minimum Gasteiger partial charge on any atom is -0.352 e. The highest BCUT2D eigenvalue weighted by Crippen LogP contribution is 2.28. The zero-order valence-corrected chi connectivity index (χ0v) is 26.5. The van der Waals surface area contributed by atoms with E-state index in [0.717, 1.165) is 30.0 Å². The smallest absolute Gasteiger partial charge is 0.264 e. The van der Waals surface area contributed by atoms with E-state index >= 15 is 0 Å². The molecule has 1 N–H and O–H groups in total. The van der Waals surface area contributed by atoms with Gasteiger partial charge in [0.05, 0.1) is 10.6 Å². The van der Waals surface area contributed by atoms with E-state index in [1.807, 2.05) is 6.92 Å². The Labute approximate surface area is 260 Å². The quantitative estimate of drug-likeness (QED) is 0.241. The summed E-state index contributed by atoms with van der Waals surface area (Å²) in [6, 6.07) is 18.9. The highest BCUT2D eigenvalue weighted by atomic mass is 79.9. The number of nitrogens with zero attached hydrogens (tertiary/aromatic N) is 2. The van der Waals surface area contributed by atoms with Crippen LogP contribution in [0.3, 0.4) is 0 Å². The Morgan fingerprint density at radius 1 is 1.00 bits per heavy atom. The first kappa shape index (κ1) is 31.3. The van der Waals surface area contributed by atoms with Gasteiger partial charge in [-0.1, -0.05) is 89.2 Å². The molecule has 11 heteroatoms. The molecule has 0 aliphatic heterocycles. The highest BCUT2D eigenvalue weighted by molar-refractivity contribution is 9.10. The molecule has 1 atom stereocenters. The summed E-state index contributed by atoms with van der Waals surface area (Å²) in [5, 5.41) is 3.89. The zero-order valence-electron chi connectivity index (χ0n) is 22.6. The van der Waals surface area contributed by atoms with Crippen molar-refractivity contribution in [2.75, 3.05) is 10.8 Å². The van der Waals surface area contributed by atoms with E-state index in [1.165, 1.54) is 17.0 Å². The molecular weight excluding hydrogens is 649 g/mol. The van der Waals surface area contributed by atoms with Crippen molar-refractivity contribution in [2.45, 2.75) is 62.6 Å². The number of sulfonamides is 1. The lowest BCUT2D eigenvalue weighted by Gasteiger charge is -2.34. The molecule has 1 aliphatic rings. The van der Waals surface area contributed by atoms with Crippen molar-refractivity contribution in [2.24, 2.45) is 0 Å². The highest BCUT2D eigenvalue weighted by Gasteiger charge is 2.34. The lowest BCUT2D eigenvalue weighted by molar-refractivity contribution is -0.140. The molecule has 2 amide bonds. The molecular formula is C30H32BrCl2N3O4S. The van der Waals surface area contributed by atoms with Gasteiger partial charge < -0.3 is 10.2 Å². The molecule has 4 rings (SSSR count). The van der Waals surface area contributed by atoms with Crippen LogP contribution >= 0.6 is 39.1 Å². The second kappa shape index (κ2) is 14.1. The third-order valence-electron chi connectivity index (χ3n) is 7.15. The number of hydrogen-bond acceptors (Lipinski definition) is 4. The second-order valence-corrected chi connectivity index (χ2v) is 13.6. The van der Waals surface area contributed by atoms with E-state index in [0.29, 0.717) is 32.2 Å². The maximum atomic E-state index is 14.2. The van der Waals surface area contributed by atoms with Crippen LogP contribution in [0.25, 0.3) is 0 Å². The third-order valence-corrected chi connectivity index (χ3v) is 10.0. The Morgan fingerprint density at radius 3 is 2.34 bits per heavy atom. The largest absolute Gasteiger partial charge is 0.352 e. The van der Waals surface area contributed by atoms with Gasteiger partial charge in [0.15, 0.2) is 0 Å². The molecule has 0 aromatic heterocycles. The Kier molecular flexibility index (Phi) is 10.7. The Hall–Kier alpha value is -2.59. The SMILES string of the molecule is CC[C@@H](C(=O)NC1CCCC1)N(Cc1ccc(Cl)cc1Cl)C(=O)CN(c1cccc(Br)c1)S(=O)(=O)c1ccccc1. The maximum absolute atomic E-state index is 14.2.